The van der Waals surface area contributed by atoms with Crippen molar-refractivity contribution in [2.45, 2.75) is 25.9 Å². The van der Waals surface area contributed by atoms with E-state index < -0.39 is 0 Å². The highest BCUT2D eigenvalue weighted by atomic mass is 35.5. The fraction of sp³-hybridized carbons (Fsp3) is 0.238. The Morgan fingerprint density at radius 2 is 1.92 bits per heavy atom. The minimum absolute atomic E-state index is 0.000756. The van der Waals surface area contributed by atoms with Gasteiger partial charge in [-0.05, 0) is 44.0 Å². The van der Waals surface area contributed by atoms with Gasteiger partial charge in [0.05, 0.1) is 16.0 Å². The zero-order valence-corrected chi connectivity index (χ0v) is 15.0. The van der Waals surface area contributed by atoms with Crippen molar-refractivity contribution in [1.82, 2.24) is 0 Å². The number of rotatable bonds is 4. The number of ketones is 1. The molecule has 0 spiro atoms. The van der Waals surface area contributed by atoms with Crippen LogP contribution in [0.4, 0.5) is 0 Å². The van der Waals surface area contributed by atoms with Crippen LogP contribution in [0.2, 0.25) is 5.02 Å². The third-order valence-corrected chi connectivity index (χ3v) is 5.12. The molecule has 0 N–H and O–H groups in total. The van der Waals surface area contributed by atoms with Gasteiger partial charge in [-0.3, -0.25) is 9.59 Å². The Morgan fingerprint density at radius 1 is 1.15 bits per heavy atom. The Kier molecular flexibility index (Phi) is 4.29. The zero-order valence-electron chi connectivity index (χ0n) is 14.2. The van der Waals surface area contributed by atoms with E-state index in [1.165, 1.54) is 6.07 Å². The highest BCUT2D eigenvalue weighted by Crippen LogP contribution is 2.37. The highest BCUT2D eigenvalue weighted by molar-refractivity contribution is 6.34. The van der Waals surface area contributed by atoms with Gasteiger partial charge in [0.1, 0.15) is 23.4 Å². The first-order valence-corrected chi connectivity index (χ1v) is 8.89. The standard InChI is InChI=1S/C21H17ClO4/c1-12(23)13-9-14(10-13)25-19-8-3-2-5-16(19)20-11-18(24)15-6-4-7-17(22)21(15)26-20/h2-8,11,13-14H,9-10H2,1H3/t13-,14+. The number of Topliss-reactive ketones (excluding diaryl/α,β-unsaturated/α-hetero) is 1. The number of halogens is 1. The van der Waals surface area contributed by atoms with Gasteiger partial charge in [-0.1, -0.05) is 29.8 Å². The lowest BCUT2D eigenvalue weighted by Gasteiger charge is -2.34. The molecule has 0 saturated heterocycles. The molecule has 2 aromatic carbocycles. The van der Waals surface area contributed by atoms with Crippen molar-refractivity contribution in [1.29, 1.82) is 0 Å². The van der Waals surface area contributed by atoms with Crippen LogP contribution in [0.5, 0.6) is 5.75 Å². The van der Waals surface area contributed by atoms with E-state index in [1.807, 2.05) is 24.3 Å². The average Bonchev–Trinajstić information content (AvgIpc) is 2.58. The largest absolute Gasteiger partial charge is 0.490 e. The Morgan fingerprint density at radius 3 is 2.69 bits per heavy atom. The number of carbonyl (C=O) groups excluding carboxylic acids is 1. The van der Waals surface area contributed by atoms with Crippen LogP contribution < -0.4 is 10.2 Å². The van der Waals surface area contributed by atoms with Gasteiger partial charge in [-0.15, -0.1) is 0 Å². The molecule has 0 atom stereocenters. The lowest BCUT2D eigenvalue weighted by molar-refractivity contribution is -0.126. The number of carbonyl (C=O) groups is 1. The van der Waals surface area contributed by atoms with Crippen molar-refractivity contribution in [3.05, 3.63) is 63.8 Å². The third-order valence-electron chi connectivity index (χ3n) is 4.82. The average molecular weight is 369 g/mol. The molecule has 1 aromatic heterocycles. The molecule has 1 heterocycles. The summed E-state index contributed by atoms with van der Waals surface area (Å²) in [6.07, 6.45) is 1.44. The van der Waals surface area contributed by atoms with E-state index in [1.54, 1.807) is 25.1 Å². The second-order valence-electron chi connectivity index (χ2n) is 6.61. The molecule has 1 saturated carbocycles. The summed E-state index contributed by atoms with van der Waals surface area (Å²) in [7, 11) is 0. The summed E-state index contributed by atoms with van der Waals surface area (Å²) in [6.45, 7) is 1.61. The Balaban J connectivity index is 1.71. The second kappa shape index (κ2) is 6.61. The number of fused-ring (bicyclic) bond motifs is 1. The maximum atomic E-state index is 12.4. The maximum absolute atomic E-state index is 12.4. The molecule has 1 aliphatic rings. The maximum Gasteiger partial charge on any atom is 0.193 e. The van der Waals surface area contributed by atoms with Gasteiger partial charge in [0.25, 0.3) is 0 Å². The molecule has 0 amide bonds. The molecule has 1 aliphatic carbocycles. The fourth-order valence-electron chi connectivity index (χ4n) is 3.22. The third kappa shape index (κ3) is 3.01. The normalized spacial score (nSPS) is 19.2. The Bertz CT molecular complexity index is 1050. The Labute approximate surface area is 155 Å². The van der Waals surface area contributed by atoms with Crippen LogP contribution in [0.15, 0.2) is 57.7 Å². The first-order valence-electron chi connectivity index (χ1n) is 8.52. The van der Waals surface area contributed by atoms with E-state index in [0.29, 0.717) is 33.1 Å². The smallest absolute Gasteiger partial charge is 0.193 e. The van der Waals surface area contributed by atoms with E-state index in [4.69, 9.17) is 20.8 Å². The van der Waals surface area contributed by atoms with Crippen LogP contribution in [0, 0.1) is 5.92 Å². The number of hydrogen-bond acceptors (Lipinski definition) is 4. The summed E-state index contributed by atoms with van der Waals surface area (Å²) >= 11 is 6.19. The molecular formula is C21H17ClO4. The van der Waals surface area contributed by atoms with Crippen molar-refractivity contribution in [3.63, 3.8) is 0 Å². The van der Waals surface area contributed by atoms with Crippen molar-refractivity contribution < 1.29 is 13.9 Å². The predicted octanol–water partition coefficient (Wildman–Crippen LogP) is 4.86. The number of hydrogen-bond donors (Lipinski definition) is 0. The molecule has 0 radical (unpaired) electrons. The molecule has 26 heavy (non-hydrogen) atoms. The van der Waals surface area contributed by atoms with Gasteiger partial charge >= 0.3 is 0 Å². The predicted molar refractivity (Wildman–Crippen MR) is 101 cm³/mol. The fourth-order valence-corrected chi connectivity index (χ4v) is 3.44. The van der Waals surface area contributed by atoms with Crippen molar-refractivity contribution in [2.75, 3.05) is 0 Å². The molecule has 4 rings (SSSR count). The molecule has 3 aromatic rings. The van der Waals surface area contributed by atoms with E-state index >= 15 is 0 Å². The topological polar surface area (TPSA) is 56.5 Å². The molecule has 0 unspecified atom stereocenters. The van der Waals surface area contributed by atoms with Crippen LogP contribution in [-0.4, -0.2) is 11.9 Å². The summed E-state index contributed by atoms with van der Waals surface area (Å²) in [4.78, 5) is 23.8. The lowest BCUT2D eigenvalue weighted by atomic mass is 9.80. The monoisotopic (exact) mass is 368 g/mol. The summed E-state index contributed by atoms with van der Waals surface area (Å²) in [5, 5.41) is 0.839. The van der Waals surface area contributed by atoms with E-state index in [-0.39, 0.29) is 23.2 Å². The molecule has 0 aliphatic heterocycles. The summed E-state index contributed by atoms with van der Waals surface area (Å²) in [5.74, 6) is 1.33. The molecule has 4 nitrogen and oxygen atoms in total. The van der Waals surface area contributed by atoms with Crippen LogP contribution in [0.25, 0.3) is 22.3 Å². The van der Waals surface area contributed by atoms with Gasteiger partial charge in [-0.2, -0.15) is 0 Å². The highest BCUT2D eigenvalue weighted by Gasteiger charge is 2.34. The number of para-hydroxylation sites is 2. The van der Waals surface area contributed by atoms with Crippen molar-refractivity contribution in [2.24, 2.45) is 5.92 Å². The quantitative estimate of drug-likeness (QED) is 0.659. The van der Waals surface area contributed by atoms with Crippen molar-refractivity contribution >= 4 is 28.4 Å². The number of ether oxygens (including phenoxy) is 1. The van der Waals surface area contributed by atoms with Gasteiger partial charge in [0, 0.05) is 12.0 Å². The van der Waals surface area contributed by atoms with Crippen LogP contribution in [-0.2, 0) is 4.79 Å². The van der Waals surface area contributed by atoms with Crippen LogP contribution >= 0.6 is 11.6 Å². The number of benzene rings is 2. The van der Waals surface area contributed by atoms with E-state index in [2.05, 4.69) is 0 Å². The summed E-state index contributed by atoms with van der Waals surface area (Å²) < 4.78 is 12.0. The summed E-state index contributed by atoms with van der Waals surface area (Å²) in [5.41, 5.74) is 0.906. The van der Waals surface area contributed by atoms with Crippen LogP contribution in [0.3, 0.4) is 0 Å². The first kappa shape index (κ1) is 16.9. The van der Waals surface area contributed by atoms with Gasteiger partial charge in [0.15, 0.2) is 11.0 Å². The first-order chi connectivity index (χ1) is 12.5. The minimum atomic E-state index is -0.154. The molecule has 132 valence electrons. The molecular weight excluding hydrogens is 352 g/mol. The van der Waals surface area contributed by atoms with E-state index in [0.717, 1.165) is 12.8 Å². The minimum Gasteiger partial charge on any atom is -0.490 e. The molecule has 1 fully saturated rings. The second-order valence-corrected chi connectivity index (χ2v) is 7.01. The van der Waals surface area contributed by atoms with Gasteiger partial charge < -0.3 is 9.15 Å². The van der Waals surface area contributed by atoms with E-state index in [9.17, 15) is 9.59 Å². The lowest BCUT2D eigenvalue weighted by Crippen LogP contribution is -2.37. The van der Waals surface area contributed by atoms with Gasteiger partial charge in [0.2, 0.25) is 0 Å². The SMILES string of the molecule is CC(=O)[C@H]1C[C@@H](Oc2ccccc2-c2cc(=O)c3cccc(Cl)c3o2)C1. The van der Waals surface area contributed by atoms with Crippen molar-refractivity contribution in [3.8, 4) is 17.1 Å². The molecule has 0 bridgehead atoms. The summed E-state index contributed by atoms with van der Waals surface area (Å²) in [6, 6.07) is 14.0. The Hall–Kier alpha value is -2.59. The van der Waals surface area contributed by atoms with Gasteiger partial charge in [-0.25, -0.2) is 0 Å². The van der Waals surface area contributed by atoms with Crippen LogP contribution in [0.1, 0.15) is 19.8 Å². The zero-order chi connectivity index (χ0) is 18.3. The molecule has 5 heteroatoms.